The Labute approximate surface area is 198 Å². The summed E-state index contributed by atoms with van der Waals surface area (Å²) in [7, 11) is -0.576. The summed E-state index contributed by atoms with van der Waals surface area (Å²) in [4.78, 5) is 0. The molecule has 2 aromatic heterocycles. The second-order valence-electron chi connectivity index (χ2n) is 10.6. The van der Waals surface area contributed by atoms with E-state index < -0.39 is 21.2 Å². The maximum atomic E-state index is 10.4. The van der Waals surface area contributed by atoms with Crippen LogP contribution in [0.4, 0.5) is 0 Å². The van der Waals surface area contributed by atoms with Crippen molar-refractivity contribution in [2.45, 2.75) is 52.2 Å². The maximum absolute atomic E-state index is 10.4. The fraction of sp³-hybridized carbons (Fsp3) is 0.500. The minimum Gasteiger partial charge on any atom is -0.389 e. The lowest BCUT2D eigenvalue weighted by molar-refractivity contribution is 0.0628. The summed E-state index contributed by atoms with van der Waals surface area (Å²) in [5, 5.41) is 25.9. The van der Waals surface area contributed by atoms with E-state index in [2.05, 4.69) is 46.5 Å². The second-order valence-corrected chi connectivity index (χ2v) is 15.2. The van der Waals surface area contributed by atoms with Gasteiger partial charge in [0.15, 0.2) is 0 Å². The molecule has 0 saturated heterocycles. The summed E-state index contributed by atoms with van der Waals surface area (Å²) in [5.41, 5.74) is 1.93. The maximum Gasteiger partial charge on any atom is 0.139 e. The number of aromatic nitrogens is 3. The van der Waals surface area contributed by atoms with Crippen molar-refractivity contribution in [3.05, 3.63) is 42.4 Å². The van der Waals surface area contributed by atoms with Crippen molar-refractivity contribution in [2.75, 3.05) is 31.1 Å². The SMILES string of the molecule is CC(C)(O)C#Cc1ccc2c(c1)c(-c1cnn(COCCS(C)(C)C)c1)cn2CC(C)(C)O. The van der Waals surface area contributed by atoms with Crippen LogP contribution in [0.2, 0.25) is 0 Å². The largest absolute Gasteiger partial charge is 0.389 e. The van der Waals surface area contributed by atoms with E-state index in [1.165, 1.54) is 0 Å². The van der Waals surface area contributed by atoms with Gasteiger partial charge >= 0.3 is 0 Å². The van der Waals surface area contributed by atoms with Gasteiger partial charge < -0.3 is 19.5 Å². The Bertz CT molecular complexity index is 1160. The predicted octanol–water partition coefficient (Wildman–Crippen LogP) is 4.07. The van der Waals surface area contributed by atoms with E-state index in [0.29, 0.717) is 13.3 Å². The van der Waals surface area contributed by atoms with Crippen LogP contribution in [0.3, 0.4) is 0 Å². The van der Waals surface area contributed by atoms with Crippen LogP contribution in [-0.2, 0) is 18.0 Å². The molecule has 0 radical (unpaired) electrons. The first kappa shape index (κ1) is 25.4. The molecule has 0 atom stereocenters. The number of benzene rings is 1. The van der Waals surface area contributed by atoms with Crippen molar-refractivity contribution in [3.8, 4) is 23.0 Å². The van der Waals surface area contributed by atoms with Crippen molar-refractivity contribution < 1.29 is 14.9 Å². The van der Waals surface area contributed by atoms with Gasteiger partial charge in [-0.1, -0.05) is 11.8 Å². The van der Waals surface area contributed by atoms with Gasteiger partial charge in [0.2, 0.25) is 0 Å². The number of aliphatic hydroxyl groups is 2. The van der Waals surface area contributed by atoms with E-state index in [9.17, 15) is 10.2 Å². The molecule has 0 amide bonds. The molecule has 0 aliphatic rings. The highest BCUT2D eigenvalue weighted by Gasteiger charge is 2.18. The third-order valence-electron chi connectivity index (χ3n) is 4.96. The van der Waals surface area contributed by atoms with Gasteiger partial charge in [-0.3, -0.25) is 0 Å². The van der Waals surface area contributed by atoms with E-state index in [1.54, 1.807) is 27.7 Å². The van der Waals surface area contributed by atoms with Gasteiger partial charge in [0.1, 0.15) is 12.3 Å². The van der Waals surface area contributed by atoms with Crippen molar-refractivity contribution in [1.29, 1.82) is 0 Å². The highest BCUT2D eigenvalue weighted by atomic mass is 32.3. The molecule has 2 N–H and O–H groups in total. The zero-order valence-corrected chi connectivity index (χ0v) is 21.7. The molecule has 0 fully saturated rings. The Kier molecular flexibility index (Phi) is 7.35. The Hall–Kier alpha value is -2.24. The molecule has 33 heavy (non-hydrogen) atoms. The molecule has 0 saturated carbocycles. The Morgan fingerprint density at radius 2 is 1.82 bits per heavy atom. The summed E-state index contributed by atoms with van der Waals surface area (Å²) in [6.45, 7) is 8.55. The third-order valence-corrected chi connectivity index (χ3v) is 6.35. The van der Waals surface area contributed by atoms with Crippen molar-refractivity contribution >= 4 is 20.9 Å². The first-order valence-corrected chi connectivity index (χ1v) is 14.1. The van der Waals surface area contributed by atoms with Gasteiger partial charge in [0.25, 0.3) is 0 Å². The van der Waals surface area contributed by atoms with E-state index in [4.69, 9.17) is 4.74 Å². The highest BCUT2D eigenvalue weighted by molar-refractivity contribution is 8.32. The molecule has 0 aliphatic carbocycles. The van der Waals surface area contributed by atoms with E-state index >= 15 is 0 Å². The number of ether oxygens (including phenoxy) is 1. The lowest BCUT2D eigenvalue weighted by atomic mass is 10.0. The average Bonchev–Trinajstić information content (AvgIpc) is 3.26. The summed E-state index contributed by atoms with van der Waals surface area (Å²) >= 11 is 0. The predicted molar refractivity (Wildman–Crippen MR) is 139 cm³/mol. The van der Waals surface area contributed by atoms with Crippen molar-refractivity contribution in [3.63, 3.8) is 0 Å². The first-order chi connectivity index (χ1) is 15.2. The molecular weight excluding hydrogens is 434 g/mol. The van der Waals surface area contributed by atoms with Crippen molar-refractivity contribution in [1.82, 2.24) is 14.3 Å². The molecule has 6 nitrogen and oxygen atoms in total. The highest BCUT2D eigenvalue weighted by Crippen LogP contribution is 2.34. The second kappa shape index (κ2) is 9.55. The summed E-state index contributed by atoms with van der Waals surface area (Å²) < 4.78 is 9.70. The molecule has 0 spiro atoms. The molecule has 3 aromatic rings. The van der Waals surface area contributed by atoms with E-state index in [1.807, 2.05) is 35.3 Å². The molecule has 0 aliphatic heterocycles. The van der Waals surface area contributed by atoms with Crippen LogP contribution in [0.15, 0.2) is 36.8 Å². The molecule has 2 heterocycles. The van der Waals surface area contributed by atoms with Crippen LogP contribution in [0.5, 0.6) is 0 Å². The summed E-state index contributed by atoms with van der Waals surface area (Å²) in [6, 6.07) is 5.99. The average molecular weight is 472 g/mol. The van der Waals surface area contributed by atoms with Gasteiger partial charge in [0, 0.05) is 45.7 Å². The summed E-state index contributed by atoms with van der Waals surface area (Å²) in [5.74, 6) is 7.01. The van der Waals surface area contributed by atoms with Gasteiger partial charge in [-0.25, -0.2) is 14.7 Å². The molecule has 7 heteroatoms. The zero-order valence-electron chi connectivity index (χ0n) is 20.8. The van der Waals surface area contributed by atoms with Crippen molar-refractivity contribution in [2.24, 2.45) is 0 Å². The van der Waals surface area contributed by atoms with E-state index in [0.717, 1.165) is 40.0 Å². The van der Waals surface area contributed by atoms with Gasteiger partial charge in [-0.05, 0) is 64.7 Å². The standard InChI is InChI=1S/C26H37N3O3S/c1-25(2,30)11-10-20-8-9-24-22(14-20)23(17-28(24)18-26(3,4)31)21-15-27-29(16-21)19-32-12-13-33(5,6)7/h8-9,14-17,30-31H,12-13,18-19H2,1-7H3. The smallest absolute Gasteiger partial charge is 0.139 e. The minimum atomic E-state index is -1.06. The topological polar surface area (TPSA) is 72.4 Å². The fourth-order valence-electron chi connectivity index (χ4n) is 3.42. The van der Waals surface area contributed by atoms with Gasteiger partial charge in [-0.15, -0.1) is 0 Å². The van der Waals surface area contributed by atoms with Crippen LogP contribution < -0.4 is 0 Å². The van der Waals surface area contributed by atoms with E-state index in [-0.39, 0.29) is 0 Å². The molecule has 1 aromatic carbocycles. The summed E-state index contributed by atoms with van der Waals surface area (Å²) in [6.07, 6.45) is 12.7. The molecular formula is C26H37N3O3S. The third kappa shape index (κ3) is 7.65. The molecule has 3 rings (SSSR count). The first-order valence-electron chi connectivity index (χ1n) is 11.1. The number of hydrogen-bond acceptors (Lipinski definition) is 4. The van der Waals surface area contributed by atoms with Crippen LogP contribution >= 0.6 is 10.0 Å². The van der Waals surface area contributed by atoms with Crippen LogP contribution in [-0.4, -0.2) is 66.9 Å². The Morgan fingerprint density at radius 3 is 2.45 bits per heavy atom. The number of fused-ring (bicyclic) bond motifs is 1. The number of nitrogens with zero attached hydrogens (tertiary/aromatic N) is 3. The Balaban J connectivity index is 1.93. The van der Waals surface area contributed by atoms with Crippen LogP contribution in [0.1, 0.15) is 33.3 Å². The van der Waals surface area contributed by atoms with Gasteiger partial charge in [-0.2, -0.15) is 5.10 Å². The number of hydrogen-bond donors (Lipinski definition) is 2. The lowest BCUT2D eigenvalue weighted by Crippen LogP contribution is -2.25. The lowest BCUT2D eigenvalue weighted by Gasteiger charge is -2.24. The normalized spacial score (nSPS) is 13.2. The Morgan fingerprint density at radius 1 is 1.09 bits per heavy atom. The molecule has 0 bridgehead atoms. The molecule has 0 unspecified atom stereocenters. The van der Waals surface area contributed by atoms with Gasteiger partial charge in [0.05, 0.1) is 24.9 Å². The quantitative estimate of drug-likeness (QED) is 0.384. The fourth-order valence-corrected chi connectivity index (χ4v) is 4.04. The number of rotatable bonds is 8. The zero-order chi connectivity index (χ0) is 24.4. The van der Waals surface area contributed by atoms with Crippen LogP contribution in [0, 0.1) is 11.8 Å². The minimum absolute atomic E-state index is 0.417. The molecule has 180 valence electrons. The van der Waals surface area contributed by atoms with Crippen LogP contribution in [0.25, 0.3) is 22.0 Å². The monoisotopic (exact) mass is 471 g/mol.